The molecule has 142 valence electrons. The topological polar surface area (TPSA) is 82.8 Å². The van der Waals surface area contributed by atoms with Gasteiger partial charge in [0.05, 0.1) is 10.7 Å². The summed E-state index contributed by atoms with van der Waals surface area (Å²) >= 11 is 7.67. The summed E-state index contributed by atoms with van der Waals surface area (Å²) in [7, 11) is 0. The fourth-order valence-electron chi connectivity index (χ4n) is 2.89. The molecular weight excluding hydrogens is 394 g/mol. The molecule has 0 unspecified atom stereocenters. The van der Waals surface area contributed by atoms with Crippen molar-refractivity contribution in [1.82, 2.24) is 19.9 Å². The van der Waals surface area contributed by atoms with E-state index in [1.165, 1.54) is 22.0 Å². The Morgan fingerprint density at radius 1 is 1.11 bits per heavy atom. The molecule has 2 N–H and O–H groups in total. The second-order valence-corrected chi connectivity index (χ2v) is 7.76. The summed E-state index contributed by atoms with van der Waals surface area (Å²) < 4.78 is 7.11. The Balaban J connectivity index is 1.50. The summed E-state index contributed by atoms with van der Waals surface area (Å²) in [4.78, 5) is 4.59. The van der Waals surface area contributed by atoms with Gasteiger partial charge < -0.3 is 10.3 Å². The van der Waals surface area contributed by atoms with E-state index in [4.69, 9.17) is 21.9 Å². The third kappa shape index (κ3) is 3.63. The summed E-state index contributed by atoms with van der Waals surface area (Å²) in [5.74, 6) is 7.86. The Morgan fingerprint density at radius 2 is 1.93 bits per heavy atom. The van der Waals surface area contributed by atoms with Crippen LogP contribution in [-0.4, -0.2) is 19.9 Å². The molecule has 0 fully saturated rings. The van der Waals surface area contributed by atoms with Crippen molar-refractivity contribution >= 4 is 23.4 Å². The van der Waals surface area contributed by atoms with E-state index in [0.29, 0.717) is 27.6 Å². The lowest BCUT2D eigenvalue weighted by Gasteiger charge is -2.04. The first kappa shape index (κ1) is 18.6. The van der Waals surface area contributed by atoms with Gasteiger partial charge in [-0.15, -0.1) is 10.2 Å². The van der Waals surface area contributed by atoms with E-state index in [2.05, 4.69) is 28.2 Å². The molecule has 2 heterocycles. The Morgan fingerprint density at radius 3 is 2.71 bits per heavy atom. The Bertz CT molecular complexity index is 1140. The van der Waals surface area contributed by atoms with Crippen LogP contribution in [0.5, 0.6) is 0 Å². The molecule has 28 heavy (non-hydrogen) atoms. The minimum absolute atomic E-state index is 0.518. The van der Waals surface area contributed by atoms with E-state index >= 15 is 0 Å². The zero-order valence-electron chi connectivity index (χ0n) is 15.4. The van der Waals surface area contributed by atoms with Crippen molar-refractivity contribution < 1.29 is 4.42 Å². The average Bonchev–Trinajstić information content (AvgIpc) is 3.27. The van der Waals surface area contributed by atoms with Crippen LogP contribution in [0.25, 0.3) is 22.8 Å². The largest absolute Gasteiger partial charge is 0.444 e. The lowest BCUT2D eigenvalue weighted by Crippen LogP contribution is -2.11. The predicted octanol–water partition coefficient (Wildman–Crippen LogP) is 4.88. The summed E-state index contributed by atoms with van der Waals surface area (Å²) in [6.45, 7) is 4.11. The standard InChI is InChI=1S/C20H18ClN5OS/c1-12-7-8-15(13(2)9-12)19-23-14(10-27-19)11-28-20-25-24-18(26(20)22)16-5-3-4-6-17(16)21/h3-10H,11,22H2,1-2H3. The zero-order valence-corrected chi connectivity index (χ0v) is 17.0. The highest BCUT2D eigenvalue weighted by atomic mass is 35.5. The molecule has 0 saturated heterocycles. The maximum absolute atomic E-state index is 6.23. The van der Waals surface area contributed by atoms with Crippen LogP contribution in [0.15, 0.2) is 58.3 Å². The second-order valence-electron chi connectivity index (χ2n) is 6.41. The molecule has 0 amide bonds. The molecule has 8 heteroatoms. The number of nitrogens with two attached hydrogens (primary N) is 1. The number of benzene rings is 2. The highest BCUT2D eigenvalue weighted by Gasteiger charge is 2.16. The Hall–Kier alpha value is -2.77. The van der Waals surface area contributed by atoms with Gasteiger partial charge in [0.1, 0.15) is 6.26 Å². The normalized spacial score (nSPS) is 11.1. The lowest BCUT2D eigenvalue weighted by atomic mass is 10.1. The number of hydrogen-bond acceptors (Lipinski definition) is 6. The van der Waals surface area contributed by atoms with Gasteiger partial charge in [-0.25, -0.2) is 9.66 Å². The van der Waals surface area contributed by atoms with Crippen LogP contribution in [0.3, 0.4) is 0 Å². The molecule has 0 atom stereocenters. The summed E-state index contributed by atoms with van der Waals surface area (Å²) in [6, 6.07) is 13.6. The molecule has 0 radical (unpaired) electrons. The molecule has 4 rings (SSSR count). The van der Waals surface area contributed by atoms with Gasteiger partial charge in [0, 0.05) is 16.9 Å². The quantitative estimate of drug-likeness (QED) is 0.372. The van der Waals surface area contributed by atoms with Crippen LogP contribution in [0.1, 0.15) is 16.8 Å². The van der Waals surface area contributed by atoms with E-state index in [9.17, 15) is 0 Å². The van der Waals surface area contributed by atoms with Gasteiger partial charge in [0.25, 0.3) is 0 Å². The molecule has 2 aromatic heterocycles. The van der Waals surface area contributed by atoms with Crippen molar-refractivity contribution in [1.29, 1.82) is 0 Å². The Kier molecular flexibility index (Phi) is 5.11. The average molecular weight is 412 g/mol. The van der Waals surface area contributed by atoms with Crippen LogP contribution in [0.2, 0.25) is 5.02 Å². The number of aryl methyl sites for hydroxylation is 2. The molecule has 0 aliphatic carbocycles. The maximum atomic E-state index is 6.23. The van der Waals surface area contributed by atoms with Crippen molar-refractivity contribution in [2.75, 3.05) is 5.84 Å². The molecule has 0 saturated carbocycles. The van der Waals surface area contributed by atoms with E-state index in [0.717, 1.165) is 22.4 Å². The number of thioether (sulfide) groups is 1. The van der Waals surface area contributed by atoms with Crippen LogP contribution >= 0.6 is 23.4 Å². The van der Waals surface area contributed by atoms with Crippen LogP contribution < -0.4 is 5.84 Å². The maximum Gasteiger partial charge on any atom is 0.226 e. The van der Waals surface area contributed by atoms with E-state index in [-0.39, 0.29) is 0 Å². The number of hydrogen-bond donors (Lipinski definition) is 1. The van der Waals surface area contributed by atoms with Gasteiger partial charge in [0.2, 0.25) is 11.0 Å². The number of aromatic nitrogens is 4. The van der Waals surface area contributed by atoms with E-state index < -0.39 is 0 Å². The SMILES string of the molecule is Cc1ccc(-c2nc(CSc3nnc(-c4ccccc4Cl)n3N)co2)c(C)c1. The highest BCUT2D eigenvalue weighted by molar-refractivity contribution is 7.98. The molecule has 2 aromatic carbocycles. The summed E-state index contributed by atoms with van der Waals surface area (Å²) in [5, 5.41) is 9.49. The van der Waals surface area contributed by atoms with Crippen molar-refractivity contribution in [3.63, 3.8) is 0 Å². The lowest BCUT2D eigenvalue weighted by molar-refractivity contribution is 0.573. The van der Waals surface area contributed by atoms with Crippen molar-refractivity contribution in [3.05, 3.63) is 70.6 Å². The highest BCUT2D eigenvalue weighted by Crippen LogP contribution is 2.29. The predicted molar refractivity (Wildman–Crippen MR) is 112 cm³/mol. The van der Waals surface area contributed by atoms with Crippen molar-refractivity contribution in [2.45, 2.75) is 24.8 Å². The first-order chi connectivity index (χ1) is 13.5. The summed E-state index contributed by atoms with van der Waals surface area (Å²) in [6.07, 6.45) is 1.66. The Labute approximate surface area is 171 Å². The number of rotatable bonds is 5. The number of oxazole rings is 1. The van der Waals surface area contributed by atoms with E-state index in [1.807, 2.05) is 37.3 Å². The number of nitrogens with zero attached hydrogens (tertiary/aromatic N) is 4. The summed E-state index contributed by atoms with van der Waals surface area (Å²) in [5.41, 5.74) is 4.88. The van der Waals surface area contributed by atoms with Crippen molar-refractivity contribution in [2.24, 2.45) is 0 Å². The minimum Gasteiger partial charge on any atom is -0.444 e. The minimum atomic E-state index is 0.518. The smallest absolute Gasteiger partial charge is 0.226 e. The van der Waals surface area contributed by atoms with Crippen LogP contribution in [0.4, 0.5) is 0 Å². The third-order valence-electron chi connectivity index (χ3n) is 4.29. The second kappa shape index (κ2) is 7.69. The zero-order chi connectivity index (χ0) is 19.7. The molecule has 0 aliphatic rings. The molecule has 6 nitrogen and oxygen atoms in total. The van der Waals surface area contributed by atoms with Gasteiger partial charge in [-0.2, -0.15) is 0 Å². The molecule has 0 aliphatic heterocycles. The fourth-order valence-corrected chi connectivity index (χ4v) is 3.84. The first-order valence-corrected chi connectivity index (χ1v) is 9.99. The first-order valence-electron chi connectivity index (χ1n) is 8.63. The fraction of sp³-hybridized carbons (Fsp3) is 0.150. The monoisotopic (exact) mass is 411 g/mol. The number of nitrogen functional groups attached to an aromatic ring is 1. The van der Waals surface area contributed by atoms with E-state index in [1.54, 1.807) is 12.3 Å². The number of halogens is 1. The molecule has 4 aromatic rings. The van der Waals surface area contributed by atoms with Gasteiger partial charge >= 0.3 is 0 Å². The third-order valence-corrected chi connectivity index (χ3v) is 5.60. The van der Waals surface area contributed by atoms with Crippen LogP contribution in [-0.2, 0) is 5.75 Å². The van der Waals surface area contributed by atoms with Gasteiger partial charge in [-0.1, -0.05) is 53.2 Å². The van der Waals surface area contributed by atoms with Gasteiger partial charge in [-0.3, -0.25) is 0 Å². The molecule has 0 bridgehead atoms. The van der Waals surface area contributed by atoms with Gasteiger partial charge in [0.15, 0.2) is 5.82 Å². The van der Waals surface area contributed by atoms with Gasteiger partial charge in [-0.05, 0) is 37.6 Å². The molecular formula is C20H18ClN5OS. The van der Waals surface area contributed by atoms with Crippen LogP contribution in [0, 0.1) is 13.8 Å². The van der Waals surface area contributed by atoms with Crippen molar-refractivity contribution in [3.8, 4) is 22.8 Å². The molecule has 0 spiro atoms.